The molecule has 0 radical (unpaired) electrons. The number of carbonyl (C=O) groups is 1. The number of methoxy groups -OCH3 is 2. The lowest BCUT2D eigenvalue weighted by Crippen LogP contribution is -2.15. The monoisotopic (exact) mass is 437 g/mol. The Morgan fingerprint density at radius 3 is 2.58 bits per heavy atom. The van der Waals surface area contributed by atoms with Gasteiger partial charge in [0, 0.05) is 34.6 Å². The lowest BCUT2D eigenvalue weighted by molar-refractivity contribution is -0.115. The van der Waals surface area contributed by atoms with Crippen LogP contribution in [0.3, 0.4) is 0 Å². The van der Waals surface area contributed by atoms with Crippen molar-refractivity contribution in [2.45, 2.75) is 13.3 Å². The van der Waals surface area contributed by atoms with Crippen LogP contribution >= 0.6 is 11.3 Å². The van der Waals surface area contributed by atoms with Crippen molar-refractivity contribution in [1.82, 2.24) is 9.38 Å². The molecular weight excluding hydrogens is 414 g/mol. The number of nitrogens with one attached hydrogen (secondary N) is 1. The molecule has 160 valence electrons. The van der Waals surface area contributed by atoms with Crippen LogP contribution in [-0.4, -0.2) is 36.1 Å². The molecule has 1 amide bonds. The highest BCUT2D eigenvalue weighted by Crippen LogP contribution is 2.30. The van der Waals surface area contributed by atoms with E-state index in [-0.39, 0.29) is 12.3 Å². The average Bonchev–Trinajstić information content (AvgIpc) is 3.36. The number of anilines is 1. The minimum absolute atomic E-state index is 0.122. The van der Waals surface area contributed by atoms with Gasteiger partial charge in [0.25, 0.3) is 0 Å². The van der Waals surface area contributed by atoms with Crippen molar-refractivity contribution in [1.29, 1.82) is 0 Å². The van der Waals surface area contributed by atoms with E-state index < -0.39 is 0 Å². The number of rotatable bonds is 8. The normalized spacial score (nSPS) is 10.8. The van der Waals surface area contributed by atoms with E-state index in [2.05, 4.69) is 5.32 Å². The topological polar surface area (TPSA) is 74.1 Å². The van der Waals surface area contributed by atoms with Gasteiger partial charge in [-0.3, -0.25) is 9.20 Å². The molecule has 2 aromatic carbocycles. The number of imidazole rings is 1. The maximum atomic E-state index is 12.6. The number of aromatic nitrogens is 2. The van der Waals surface area contributed by atoms with Crippen molar-refractivity contribution in [3.8, 4) is 28.5 Å². The molecule has 0 fully saturated rings. The van der Waals surface area contributed by atoms with Crippen molar-refractivity contribution < 1.29 is 19.0 Å². The van der Waals surface area contributed by atoms with Gasteiger partial charge in [-0.15, -0.1) is 11.3 Å². The summed E-state index contributed by atoms with van der Waals surface area (Å²) < 4.78 is 18.0. The summed E-state index contributed by atoms with van der Waals surface area (Å²) in [5, 5.41) is 4.87. The third-order valence-electron chi connectivity index (χ3n) is 4.75. The number of ether oxygens (including phenoxy) is 3. The average molecular weight is 438 g/mol. The summed E-state index contributed by atoms with van der Waals surface area (Å²) in [5.41, 5.74) is 3.38. The van der Waals surface area contributed by atoms with Crippen LogP contribution in [-0.2, 0) is 11.2 Å². The zero-order valence-corrected chi connectivity index (χ0v) is 18.4. The summed E-state index contributed by atoms with van der Waals surface area (Å²) in [6.45, 7) is 2.59. The maximum Gasteiger partial charge on any atom is 0.230 e. The molecule has 0 unspecified atom stereocenters. The number of fused-ring (bicyclic) bond motifs is 1. The number of nitrogens with zero attached hydrogens (tertiary/aromatic N) is 2. The smallest absolute Gasteiger partial charge is 0.230 e. The van der Waals surface area contributed by atoms with Crippen LogP contribution in [0.5, 0.6) is 17.2 Å². The van der Waals surface area contributed by atoms with E-state index in [1.807, 2.05) is 47.2 Å². The number of hydrogen-bond acceptors (Lipinski definition) is 6. The maximum absolute atomic E-state index is 12.6. The van der Waals surface area contributed by atoms with Crippen LogP contribution in [0.1, 0.15) is 12.6 Å². The van der Waals surface area contributed by atoms with Crippen LogP contribution in [0, 0.1) is 0 Å². The highest BCUT2D eigenvalue weighted by molar-refractivity contribution is 7.15. The SMILES string of the molecule is CCOc1ccc(-c2cn3c(CC(=O)Nc4ccc(OC)c(OC)c4)csc3n2)cc1. The van der Waals surface area contributed by atoms with Gasteiger partial charge in [0.05, 0.1) is 32.9 Å². The van der Waals surface area contributed by atoms with Crippen LogP contribution in [0.2, 0.25) is 0 Å². The lowest BCUT2D eigenvalue weighted by atomic mass is 10.1. The van der Waals surface area contributed by atoms with Crippen LogP contribution < -0.4 is 19.5 Å². The third-order valence-corrected chi connectivity index (χ3v) is 5.64. The highest BCUT2D eigenvalue weighted by Gasteiger charge is 2.14. The summed E-state index contributed by atoms with van der Waals surface area (Å²) in [5.74, 6) is 1.89. The summed E-state index contributed by atoms with van der Waals surface area (Å²) in [7, 11) is 3.14. The molecule has 31 heavy (non-hydrogen) atoms. The molecule has 2 aromatic heterocycles. The first-order chi connectivity index (χ1) is 15.1. The van der Waals surface area contributed by atoms with Crippen molar-refractivity contribution in [2.75, 3.05) is 26.1 Å². The van der Waals surface area contributed by atoms with E-state index in [1.165, 1.54) is 11.3 Å². The molecule has 7 nitrogen and oxygen atoms in total. The molecule has 0 saturated heterocycles. The Morgan fingerprint density at radius 2 is 1.87 bits per heavy atom. The highest BCUT2D eigenvalue weighted by atomic mass is 32.1. The molecule has 0 aliphatic carbocycles. The van der Waals surface area contributed by atoms with E-state index in [4.69, 9.17) is 19.2 Å². The minimum atomic E-state index is -0.122. The van der Waals surface area contributed by atoms with Crippen molar-refractivity contribution in [2.24, 2.45) is 0 Å². The van der Waals surface area contributed by atoms with E-state index >= 15 is 0 Å². The number of amides is 1. The van der Waals surface area contributed by atoms with Crippen LogP contribution in [0.15, 0.2) is 54.0 Å². The van der Waals surface area contributed by atoms with Crippen molar-refractivity contribution in [3.05, 3.63) is 59.7 Å². The summed E-state index contributed by atoms with van der Waals surface area (Å²) in [6.07, 6.45) is 2.19. The molecule has 0 bridgehead atoms. The Kier molecular flexibility index (Phi) is 6.08. The summed E-state index contributed by atoms with van der Waals surface area (Å²) in [6, 6.07) is 13.1. The number of carbonyl (C=O) groups excluding carboxylic acids is 1. The van der Waals surface area contributed by atoms with Gasteiger partial charge in [0.15, 0.2) is 16.5 Å². The van der Waals surface area contributed by atoms with E-state index in [1.54, 1.807) is 32.4 Å². The molecule has 0 aliphatic rings. The molecule has 2 heterocycles. The van der Waals surface area contributed by atoms with Gasteiger partial charge in [-0.1, -0.05) is 0 Å². The Labute approximate surface area is 184 Å². The van der Waals surface area contributed by atoms with Crippen LogP contribution in [0.25, 0.3) is 16.2 Å². The molecule has 4 rings (SSSR count). The number of hydrogen-bond donors (Lipinski definition) is 1. The Bertz CT molecular complexity index is 1200. The van der Waals surface area contributed by atoms with Gasteiger partial charge in [-0.05, 0) is 43.3 Å². The quantitative estimate of drug-likeness (QED) is 0.434. The largest absolute Gasteiger partial charge is 0.494 e. The van der Waals surface area contributed by atoms with Gasteiger partial charge in [0.1, 0.15) is 5.75 Å². The second-order valence-corrected chi connectivity index (χ2v) is 7.59. The summed E-state index contributed by atoms with van der Waals surface area (Å²) >= 11 is 1.51. The van der Waals surface area contributed by atoms with Gasteiger partial charge in [0.2, 0.25) is 5.91 Å². The Balaban J connectivity index is 1.49. The predicted molar refractivity (Wildman–Crippen MR) is 122 cm³/mol. The van der Waals surface area contributed by atoms with Gasteiger partial charge >= 0.3 is 0 Å². The molecule has 1 N–H and O–H groups in total. The summed E-state index contributed by atoms with van der Waals surface area (Å²) in [4.78, 5) is 18.2. The second-order valence-electron chi connectivity index (χ2n) is 6.76. The second kappa shape index (κ2) is 9.09. The Hall–Kier alpha value is -3.52. The van der Waals surface area contributed by atoms with E-state index in [9.17, 15) is 4.79 Å². The molecular formula is C23H23N3O4S. The predicted octanol–water partition coefficient (Wildman–Crippen LogP) is 4.66. The number of thiazole rings is 1. The standard InChI is InChI=1S/C23H23N3O4S/c1-4-30-18-8-5-15(6-9-18)19-13-26-17(14-31-23(26)25-19)12-22(27)24-16-7-10-20(28-2)21(11-16)29-3/h5-11,13-14H,4,12H2,1-3H3,(H,24,27). The van der Waals surface area contributed by atoms with Gasteiger partial charge < -0.3 is 19.5 Å². The first-order valence-corrected chi connectivity index (χ1v) is 10.7. The van der Waals surface area contributed by atoms with Crippen LogP contribution in [0.4, 0.5) is 5.69 Å². The van der Waals surface area contributed by atoms with Crippen molar-refractivity contribution in [3.63, 3.8) is 0 Å². The third kappa shape index (κ3) is 4.49. The molecule has 8 heteroatoms. The molecule has 0 aliphatic heterocycles. The van der Waals surface area contributed by atoms with Gasteiger partial charge in [-0.25, -0.2) is 4.98 Å². The molecule has 0 spiro atoms. The zero-order valence-electron chi connectivity index (χ0n) is 17.5. The fraction of sp³-hybridized carbons (Fsp3) is 0.217. The molecule has 0 saturated carbocycles. The van der Waals surface area contributed by atoms with Gasteiger partial charge in [-0.2, -0.15) is 0 Å². The van der Waals surface area contributed by atoms with Crippen molar-refractivity contribution >= 4 is 27.9 Å². The van der Waals surface area contributed by atoms with E-state index in [0.717, 1.165) is 27.7 Å². The minimum Gasteiger partial charge on any atom is -0.494 e. The zero-order chi connectivity index (χ0) is 21.8. The molecule has 4 aromatic rings. The first kappa shape index (κ1) is 20.7. The van der Waals surface area contributed by atoms with E-state index in [0.29, 0.717) is 23.8 Å². The fourth-order valence-corrected chi connectivity index (χ4v) is 4.14. The number of benzene rings is 2. The first-order valence-electron chi connectivity index (χ1n) is 9.82. The Morgan fingerprint density at radius 1 is 1.10 bits per heavy atom. The fourth-order valence-electron chi connectivity index (χ4n) is 3.27. The molecule has 0 atom stereocenters. The lowest BCUT2D eigenvalue weighted by Gasteiger charge is -2.10.